The Kier molecular flexibility index (Phi) is 10.5. The molecule has 12 rings (SSSR count). The van der Waals surface area contributed by atoms with Crippen molar-refractivity contribution in [2.24, 2.45) is 0 Å². The molecule has 0 aliphatic rings. The molecule has 0 amide bonds. The van der Waals surface area contributed by atoms with Gasteiger partial charge in [0.1, 0.15) is 22.8 Å². The van der Waals surface area contributed by atoms with E-state index in [9.17, 15) is 9.59 Å². The van der Waals surface area contributed by atoms with Gasteiger partial charge in [0, 0.05) is 21.9 Å². The summed E-state index contributed by atoms with van der Waals surface area (Å²) in [6.45, 7) is 4.18. The van der Waals surface area contributed by atoms with Crippen molar-refractivity contribution >= 4 is 54.6 Å². The number of methoxy groups -OCH3 is 2. The molecule has 0 spiro atoms. The lowest BCUT2D eigenvalue weighted by Crippen LogP contribution is -2.18. The second-order valence-electron chi connectivity index (χ2n) is 16.9. The van der Waals surface area contributed by atoms with E-state index in [2.05, 4.69) is 74.5 Å². The minimum absolute atomic E-state index is 0.0777. The van der Waals surface area contributed by atoms with E-state index in [1.807, 2.05) is 133 Å². The molecule has 12 aromatic rings. The average molecular weight is 885 g/mol. The van der Waals surface area contributed by atoms with Crippen LogP contribution in [-0.4, -0.2) is 33.0 Å². The summed E-state index contributed by atoms with van der Waals surface area (Å²) in [4.78, 5) is 38.0. The smallest absolute Gasteiger partial charge is 0.266 e. The third-order valence-electron chi connectivity index (χ3n) is 12.7. The zero-order chi connectivity index (χ0) is 46.5. The Labute approximate surface area is 391 Å². The van der Waals surface area contributed by atoms with Gasteiger partial charge in [-0.05, 0) is 120 Å². The van der Waals surface area contributed by atoms with Gasteiger partial charge in [0.25, 0.3) is 11.1 Å². The normalized spacial score (nSPS) is 11.4. The quantitative estimate of drug-likeness (QED) is 0.122. The maximum Gasteiger partial charge on any atom is 0.266 e. The fourth-order valence-electron chi connectivity index (χ4n) is 9.48. The second-order valence-corrected chi connectivity index (χ2v) is 16.9. The van der Waals surface area contributed by atoms with Crippen molar-refractivity contribution in [2.45, 2.75) is 13.8 Å². The van der Waals surface area contributed by atoms with E-state index in [0.717, 1.165) is 88.9 Å². The first kappa shape index (κ1) is 41.8. The number of aryl methyl sites for hydroxylation is 2. The van der Waals surface area contributed by atoms with E-state index in [1.54, 1.807) is 23.0 Å². The number of hydrogen-bond acceptors (Lipinski definition) is 6. The summed E-state index contributed by atoms with van der Waals surface area (Å²) in [6, 6.07) is 64.0. The van der Waals surface area contributed by atoms with Gasteiger partial charge < -0.3 is 9.47 Å². The van der Waals surface area contributed by atoms with Crippen LogP contribution in [0, 0.1) is 13.8 Å². The first-order chi connectivity index (χ1) is 33.3. The van der Waals surface area contributed by atoms with Crippen LogP contribution < -0.4 is 20.6 Å². The van der Waals surface area contributed by atoms with Crippen LogP contribution in [0.4, 0.5) is 0 Å². The fourth-order valence-corrected chi connectivity index (χ4v) is 9.48. The number of aromatic nitrogens is 4. The minimum Gasteiger partial charge on any atom is -0.497 e. The van der Waals surface area contributed by atoms with Crippen molar-refractivity contribution in [2.75, 3.05) is 14.2 Å². The van der Waals surface area contributed by atoms with Crippen LogP contribution in [0.15, 0.2) is 204 Å². The lowest BCUT2D eigenvalue weighted by Gasteiger charge is -2.19. The van der Waals surface area contributed by atoms with E-state index in [1.165, 1.54) is 0 Å². The zero-order valence-corrected chi connectivity index (χ0v) is 37.9. The molecule has 0 aliphatic heterocycles. The Morgan fingerprint density at radius 1 is 0.368 bits per heavy atom. The SMILES string of the molecule is COc1ccc(-c2c(-c3ccccc3)c3cc(C)ccc3c3nc4ccccc4c(=O)n23)cc1.COc1ccc(-c2c(-c3ccccc3)c3cc(C)ccc3c3nc4ccccc4c(=O)n23)cc1. The maximum atomic E-state index is 14.0. The number of ether oxygens (including phenoxy) is 2. The molecule has 68 heavy (non-hydrogen) atoms. The molecule has 8 nitrogen and oxygen atoms in total. The standard InChI is InChI=1S/2C30H22N2O2/c2*1-19-12-17-23-25(18-19)27(20-8-4-3-5-9-20)28(21-13-15-22(34-2)16-14-21)32-29(23)31-26-11-7-6-10-24(26)30(32)33/h2*3-18H,1-2H3. The summed E-state index contributed by atoms with van der Waals surface area (Å²) in [7, 11) is 3.30. The van der Waals surface area contributed by atoms with E-state index < -0.39 is 0 Å². The van der Waals surface area contributed by atoms with Crippen molar-refractivity contribution in [3.8, 4) is 56.3 Å². The Morgan fingerprint density at radius 3 is 1.12 bits per heavy atom. The minimum atomic E-state index is -0.0777. The maximum absolute atomic E-state index is 14.0. The molecule has 4 heterocycles. The molecule has 0 unspecified atom stereocenters. The second kappa shape index (κ2) is 17.2. The third-order valence-corrected chi connectivity index (χ3v) is 12.7. The Bertz CT molecular complexity index is 3770. The molecule has 0 aliphatic carbocycles. The number of nitrogens with zero attached hydrogens (tertiary/aromatic N) is 4. The molecule has 0 atom stereocenters. The summed E-state index contributed by atoms with van der Waals surface area (Å²) >= 11 is 0. The van der Waals surface area contributed by atoms with E-state index in [-0.39, 0.29) is 11.1 Å². The molecule has 4 aromatic heterocycles. The Hall–Kier alpha value is -8.88. The van der Waals surface area contributed by atoms with Crippen LogP contribution in [0.1, 0.15) is 11.1 Å². The fraction of sp³-hybridized carbons (Fsp3) is 0.0667. The van der Waals surface area contributed by atoms with Gasteiger partial charge >= 0.3 is 0 Å². The average Bonchev–Trinajstić information content (AvgIpc) is 3.38. The molecular formula is C60H44N4O4. The van der Waals surface area contributed by atoms with E-state index in [0.29, 0.717) is 33.1 Å². The largest absolute Gasteiger partial charge is 0.497 e. The molecule has 0 bridgehead atoms. The van der Waals surface area contributed by atoms with Gasteiger partial charge in [0.2, 0.25) is 0 Å². The highest BCUT2D eigenvalue weighted by Gasteiger charge is 2.23. The van der Waals surface area contributed by atoms with E-state index >= 15 is 0 Å². The lowest BCUT2D eigenvalue weighted by molar-refractivity contribution is 0.415. The van der Waals surface area contributed by atoms with Gasteiger partial charge in [0.05, 0.1) is 47.4 Å². The van der Waals surface area contributed by atoms with Crippen LogP contribution in [0.2, 0.25) is 0 Å². The zero-order valence-electron chi connectivity index (χ0n) is 37.9. The summed E-state index contributed by atoms with van der Waals surface area (Å²) in [6.07, 6.45) is 0. The highest BCUT2D eigenvalue weighted by atomic mass is 16.5. The highest BCUT2D eigenvalue weighted by molar-refractivity contribution is 6.11. The van der Waals surface area contributed by atoms with Gasteiger partial charge in [0.15, 0.2) is 0 Å². The van der Waals surface area contributed by atoms with Crippen LogP contribution in [0.3, 0.4) is 0 Å². The topological polar surface area (TPSA) is 87.2 Å². The monoisotopic (exact) mass is 884 g/mol. The van der Waals surface area contributed by atoms with Crippen LogP contribution in [-0.2, 0) is 0 Å². The number of pyridine rings is 2. The first-order valence-corrected chi connectivity index (χ1v) is 22.5. The summed E-state index contributed by atoms with van der Waals surface area (Å²) in [5.41, 5.74) is 12.5. The third kappa shape index (κ3) is 7.11. The van der Waals surface area contributed by atoms with Crippen molar-refractivity contribution in [1.82, 2.24) is 18.8 Å². The van der Waals surface area contributed by atoms with Crippen molar-refractivity contribution in [3.05, 3.63) is 226 Å². The summed E-state index contributed by atoms with van der Waals surface area (Å²) < 4.78 is 14.4. The van der Waals surface area contributed by atoms with Gasteiger partial charge in [-0.15, -0.1) is 0 Å². The van der Waals surface area contributed by atoms with Crippen LogP contribution in [0.5, 0.6) is 11.5 Å². The Morgan fingerprint density at radius 2 is 0.735 bits per heavy atom. The van der Waals surface area contributed by atoms with Gasteiger partial charge in [-0.3, -0.25) is 18.4 Å². The predicted molar refractivity (Wildman–Crippen MR) is 277 cm³/mol. The molecule has 0 saturated carbocycles. The number of fused-ring (bicyclic) bond motifs is 8. The van der Waals surface area contributed by atoms with Crippen molar-refractivity contribution in [3.63, 3.8) is 0 Å². The predicted octanol–water partition coefficient (Wildman–Crippen LogP) is 13.3. The first-order valence-electron chi connectivity index (χ1n) is 22.5. The van der Waals surface area contributed by atoms with Gasteiger partial charge in [-0.25, -0.2) is 9.97 Å². The Balaban J connectivity index is 0.000000149. The molecule has 0 N–H and O–H groups in total. The van der Waals surface area contributed by atoms with Crippen LogP contribution in [0.25, 0.3) is 99.4 Å². The summed E-state index contributed by atoms with van der Waals surface area (Å²) in [5.74, 6) is 1.53. The van der Waals surface area contributed by atoms with Crippen molar-refractivity contribution < 1.29 is 9.47 Å². The molecule has 8 heteroatoms. The molecule has 8 aromatic carbocycles. The lowest BCUT2D eigenvalue weighted by atomic mass is 9.92. The molecule has 0 fully saturated rings. The number of rotatable bonds is 6. The van der Waals surface area contributed by atoms with Gasteiger partial charge in [-0.1, -0.05) is 132 Å². The molecule has 328 valence electrons. The van der Waals surface area contributed by atoms with Crippen molar-refractivity contribution in [1.29, 1.82) is 0 Å². The van der Waals surface area contributed by atoms with Gasteiger partial charge in [-0.2, -0.15) is 0 Å². The molecule has 0 radical (unpaired) electrons. The van der Waals surface area contributed by atoms with E-state index in [4.69, 9.17) is 19.4 Å². The molecule has 0 saturated heterocycles. The number of hydrogen-bond donors (Lipinski definition) is 0. The highest BCUT2D eigenvalue weighted by Crippen LogP contribution is 2.42. The van der Waals surface area contributed by atoms with Crippen LogP contribution >= 0.6 is 0 Å². The number of para-hydroxylation sites is 2. The summed E-state index contributed by atoms with van der Waals surface area (Å²) in [5, 5.41) is 5.23. The number of benzene rings is 8. The molecular weight excluding hydrogens is 841 g/mol.